The van der Waals surface area contributed by atoms with Crippen LogP contribution >= 0.6 is 0 Å². The second-order valence-electron chi connectivity index (χ2n) is 3.28. The number of hydrogen-bond donors (Lipinski definition) is 1. The summed E-state index contributed by atoms with van der Waals surface area (Å²) < 4.78 is 0. The molecule has 1 N–H and O–H groups in total. The van der Waals surface area contributed by atoms with E-state index in [9.17, 15) is 0 Å². The summed E-state index contributed by atoms with van der Waals surface area (Å²) in [4.78, 5) is 8.62. The van der Waals surface area contributed by atoms with Crippen LogP contribution in [0.1, 0.15) is 18.5 Å². The molecule has 0 radical (unpaired) electrons. The molecule has 0 aliphatic heterocycles. The molecule has 0 aliphatic rings. The summed E-state index contributed by atoms with van der Waals surface area (Å²) in [7, 11) is 1.94. The van der Waals surface area contributed by atoms with Gasteiger partial charge < -0.3 is 5.32 Å². The van der Waals surface area contributed by atoms with Crippen LogP contribution in [-0.4, -0.2) is 17.0 Å². The fourth-order valence-electron chi connectivity index (χ4n) is 1.52. The summed E-state index contributed by atoms with van der Waals surface area (Å²) in [5.74, 6) is 0. The van der Waals surface area contributed by atoms with Crippen molar-refractivity contribution < 1.29 is 0 Å². The minimum absolute atomic E-state index is 0.301. The Morgan fingerprint density at radius 3 is 2.79 bits per heavy atom. The average molecular weight is 187 g/mol. The van der Waals surface area contributed by atoms with Crippen molar-refractivity contribution in [1.29, 1.82) is 0 Å². The molecule has 1 unspecified atom stereocenters. The van der Waals surface area contributed by atoms with E-state index in [1.54, 1.807) is 12.4 Å². The summed E-state index contributed by atoms with van der Waals surface area (Å²) in [6.45, 7) is 2.11. The Morgan fingerprint density at radius 1 is 1.21 bits per heavy atom. The summed E-state index contributed by atoms with van der Waals surface area (Å²) in [5, 5.41) is 3.21. The molecular formula is C11H13N3. The summed E-state index contributed by atoms with van der Waals surface area (Å²) in [5.41, 5.74) is 3.13. The topological polar surface area (TPSA) is 37.8 Å². The van der Waals surface area contributed by atoms with Crippen LogP contribution in [0.2, 0.25) is 0 Å². The van der Waals surface area contributed by atoms with E-state index >= 15 is 0 Å². The molecular weight excluding hydrogens is 174 g/mol. The number of rotatable bonds is 2. The van der Waals surface area contributed by atoms with Crippen LogP contribution in [0.5, 0.6) is 0 Å². The molecule has 0 saturated heterocycles. The highest BCUT2D eigenvalue weighted by Crippen LogP contribution is 2.19. The van der Waals surface area contributed by atoms with Crippen molar-refractivity contribution in [2.24, 2.45) is 0 Å². The van der Waals surface area contributed by atoms with Gasteiger partial charge in [0.2, 0.25) is 0 Å². The zero-order chi connectivity index (χ0) is 9.97. The monoisotopic (exact) mass is 187 g/mol. The van der Waals surface area contributed by atoms with Gasteiger partial charge in [0.05, 0.1) is 11.0 Å². The molecule has 0 aliphatic carbocycles. The Labute approximate surface area is 83.2 Å². The smallest absolute Gasteiger partial charge is 0.0934 e. The third kappa shape index (κ3) is 1.46. The molecule has 2 aromatic rings. The molecule has 0 amide bonds. The highest BCUT2D eigenvalue weighted by atomic mass is 14.9. The first kappa shape index (κ1) is 9.09. The van der Waals surface area contributed by atoms with E-state index in [2.05, 4.69) is 28.3 Å². The molecule has 1 atom stereocenters. The third-order valence-corrected chi connectivity index (χ3v) is 2.43. The Balaban J connectivity index is 2.65. The highest BCUT2D eigenvalue weighted by Gasteiger charge is 2.07. The molecule has 1 heterocycles. The third-order valence-electron chi connectivity index (χ3n) is 2.43. The maximum Gasteiger partial charge on any atom is 0.0934 e. The zero-order valence-electron chi connectivity index (χ0n) is 8.36. The lowest BCUT2D eigenvalue weighted by Crippen LogP contribution is -2.13. The molecule has 0 saturated carbocycles. The summed E-state index contributed by atoms with van der Waals surface area (Å²) in [6.07, 6.45) is 3.45. The van der Waals surface area contributed by atoms with Crippen LogP contribution in [-0.2, 0) is 0 Å². The molecule has 2 rings (SSSR count). The van der Waals surface area contributed by atoms with Gasteiger partial charge in [0.15, 0.2) is 0 Å². The Bertz CT molecular complexity index is 434. The summed E-state index contributed by atoms with van der Waals surface area (Å²) >= 11 is 0. The standard InChI is InChI=1S/C11H13N3/c1-8(12-2)9-4-3-5-10-11(9)14-7-6-13-10/h3-8,12H,1-2H3. The van der Waals surface area contributed by atoms with Crippen LogP contribution in [0, 0.1) is 0 Å². The first-order valence-electron chi connectivity index (χ1n) is 4.70. The molecule has 72 valence electrons. The van der Waals surface area contributed by atoms with Gasteiger partial charge in [-0.25, -0.2) is 0 Å². The first-order valence-corrected chi connectivity index (χ1v) is 4.70. The zero-order valence-corrected chi connectivity index (χ0v) is 8.36. The molecule has 3 nitrogen and oxygen atoms in total. The average Bonchev–Trinajstić information content (AvgIpc) is 2.27. The lowest BCUT2D eigenvalue weighted by atomic mass is 10.1. The maximum atomic E-state index is 4.35. The van der Waals surface area contributed by atoms with Gasteiger partial charge in [-0.1, -0.05) is 12.1 Å². The molecule has 3 heteroatoms. The van der Waals surface area contributed by atoms with Crippen molar-refractivity contribution >= 4 is 11.0 Å². The second kappa shape index (κ2) is 3.72. The van der Waals surface area contributed by atoms with Gasteiger partial charge in [-0.15, -0.1) is 0 Å². The van der Waals surface area contributed by atoms with E-state index in [-0.39, 0.29) is 0 Å². The van der Waals surface area contributed by atoms with Crippen LogP contribution in [0.3, 0.4) is 0 Å². The summed E-state index contributed by atoms with van der Waals surface area (Å²) in [6, 6.07) is 6.38. The molecule has 0 fully saturated rings. The van der Waals surface area contributed by atoms with E-state index in [0.29, 0.717) is 6.04 Å². The van der Waals surface area contributed by atoms with Crippen molar-refractivity contribution in [2.45, 2.75) is 13.0 Å². The number of para-hydroxylation sites is 1. The predicted octanol–water partition coefficient (Wildman–Crippen LogP) is 1.91. The van der Waals surface area contributed by atoms with Crippen molar-refractivity contribution in [1.82, 2.24) is 15.3 Å². The van der Waals surface area contributed by atoms with Crippen LogP contribution in [0.15, 0.2) is 30.6 Å². The fraction of sp³-hybridized carbons (Fsp3) is 0.273. The number of aromatic nitrogens is 2. The number of nitrogens with zero attached hydrogens (tertiary/aromatic N) is 2. The molecule has 0 spiro atoms. The van der Waals surface area contributed by atoms with Gasteiger partial charge in [-0.3, -0.25) is 9.97 Å². The van der Waals surface area contributed by atoms with Crippen molar-refractivity contribution in [3.63, 3.8) is 0 Å². The molecule has 0 bridgehead atoms. The van der Waals surface area contributed by atoms with Gasteiger partial charge >= 0.3 is 0 Å². The Morgan fingerprint density at radius 2 is 2.00 bits per heavy atom. The predicted molar refractivity (Wildman–Crippen MR) is 57.0 cm³/mol. The van der Waals surface area contributed by atoms with Gasteiger partial charge in [0.1, 0.15) is 0 Å². The fourth-order valence-corrected chi connectivity index (χ4v) is 1.52. The lowest BCUT2D eigenvalue weighted by molar-refractivity contribution is 0.656. The number of fused-ring (bicyclic) bond motifs is 1. The number of benzene rings is 1. The second-order valence-corrected chi connectivity index (χ2v) is 3.28. The minimum Gasteiger partial charge on any atom is -0.313 e. The van der Waals surface area contributed by atoms with Crippen molar-refractivity contribution in [3.8, 4) is 0 Å². The molecule has 14 heavy (non-hydrogen) atoms. The van der Waals surface area contributed by atoms with Crippen LogP contribution in [0.25, 0.3) is 11.0 Å². The number of nitrogens with one attached hydrogen (secondary N) is 1. The molecule has 1 aromatic heterocycles. The van der Waals surface area contributed by atoms with Crippen molar-refractivity contribution in [3.05, 3.63) is 36.2 Å². The van der Waals surface area contributed by atoms with Gasteiger partial charge in [0.25, 0.3) is 0 Å². The maximum absolute atomic E-state index is 4.35. The quantitative estimate of drug-likeness (QED) is 0.780. The van der Waals surface area contributed by atoms with Gasteiger partial charge in [-0.05, 0) is 25.6 Å². The van der Waals surface area contributed by atoms with E-state index < -0.39 is 0 Å². The van der Waals surface area contributed by atoms with Crippen LogP contribution < -0.4 is 5.32 Å². The van der Waals surface area contributed by atoms with E-state index in [4.69, 9.17) is 0 Å². The van der Waals surface area contributed by atoms with Gasteiger partial charge in [0, 0.05) is 18.4 Å². The minimum atomic E-state index is 0.301. The number of hydrogen-bond acceptors (Lipinski definition) is 3. The van der Waals surface area contributed by atoms with Crippen molar-refractivity contribution in [2.75, 3.05) is 7.05 Å². The van der Waals surface area contributed by atoms with E-state index in [0.717, 1.165) is 11.0 Å². The van der Waals surface area contributed by atoms with E-state index in [1.807, 2.05) is 19.2 Å². The first-order chi connectivity index (χ1) is 6.83. The highest BCUT2D eigenvalue weighted by molar-refractivity contribution is 5.77. The molecule has 1 aromatic carbocycles. The SMILES string of the molecule is CNC(C)c1cccc2nccnc12. The largest absolute Gasteiger partial charge is 0.313 e. The Kier molecular flexibility index (Phi) is 2.41. The lowest BCUT2D eigenvalue weighted by Gasteiger charge is -2.11. The van der Waals surface area contributed by atoms with E-state index in [1.165, 1.54) is 5.56 Å². The normalized spacial score (nSPS) is 13.0. The Hall–Kier alpha value is -1.48. The van der Waals surface area contributed by atoms with Gasteiger partial charge in [-0.2, -0.15) is 0 Å². The van der Waals surface area contributed by atoms with Crippen LogP contribution in [0.4, 0.5) is 0 Å².